The highest BCUT2D eigenvalue weighted by Gasteiger charge is 2.38. The van der Waals surface area contributed by atoms with Crippen LogP contribution in [0.15, 0.2) is 17.2 Å². The standard InChI is InChI=1S/C17H27N3O/c1-16(2)9-12(10-17(3,4)11-16)19-14-15(21)20(8-7-18-14)13-5-6-13/h7-8,12-13H,5-6,9-11H2,1-4H3,(H,18,19). The first-order valence-corrected chi connectivity index (χ1v) is 8.10. The first kappa shape index (κ1) is 14.6. The van der Waals surface area contributed by atoms with Crippen molar-refractivity contribution >= 4 is 5.82 Å². The Bertz CT molecular complexity index is 568. The third-order valence-electron chi connectivity index (χ3n) is 4.70. The molecule has 1 heterocycles. The van der Waals surface area contributed by atoms with E-state index in [1.54, 1.807) is 6.20 Å². The first-order chi connectivity index (χ1) is 9.76. The van der Waals surface area contributed by atoms with Crippen molar-refractivity contribution in [3.05, 3.63) is 22.7 Å². The van der Waals surface area contributed by atoms with Gasteiger partial charge < -0.3 is 9.88 Å². The minimum Gasteiger partial charge on any atom is -0.363 e. The lowest BCUT2D eigenvalue weighted by Gasteiger charge is -2.45. The van der Waals surface area contributed by atoms with E-state index in [4.69, 9.17) is 0 Å². The number of anilines is 1. The SMILES string of the molecule is CC1(C)CC(Nc2nccn(C3CC3)c2=O)CC(C)(C)C1. The lowest BCUT2D eigenvalue weighted by molar-refractivity contribution is 0.105. The molecule has 0 saturated heterocycles. The van der Waals surface area contributed by atoms with Crippen LogP contribution in [0.5, 0.6) is 0 Å². The second-order valence-electron chi connectivity index (χ2n) is 8.47. The minimum atomic E-state index is 0.0428. The van der Waals surface area contributed by atoms with Gasteiger partial charge in [0.25, 0.3) is 5.56 Å². The predicted octanol–water partition coefficient (Wildman–Crippen LogP) is 3.60. The van der Waals surface area contributed by atoms with Crippen LogP contribution in [0.2, 0.25) is 0 Å². The Hall–Kier alpha value is -1.32. The zero-order chi connectivity index (χ0) is 15.3. The van der Waals surface area contributed by atoms with E-state index < -0.39 is 0 Å². The Labute approximate surface area is 127 Å². The van der Waals surface area contributed by atoms with Crippen LogP contribution in [0.25, 0.3) is 0 Å². The molecule has 2 aliphatic carbocycles. The van der Waals surface area contributed by atoms with Gasteiger partial charge in [-0.3, -0.25) is 4.79 Å². The molecule has 1 aromatic heterocycles. The lowest BCUT2D eigenvalue weighted by atomic mass is 9.63. The smallest absolute Gasteiger partial charge is 0.293 e. The van der Waals surface area contributed by atoms with Crippen LogP contribution in [0.1, 0.15) is 65.8 Å². The molecule has 0 unspecified atom stereocenters. The molecule has 2 aliphatic rings. The fraction of sp³-hybridized carbons (Fsp3) is 0.765. The molecule has 1 aromatic rings. The van der Waals surface area contributed by atoms with Crippen LogP contribution in [-0.2, 0) is 0 Å². The van der Waals surface area contributed by atoms with Gasteiger partial charge in [0.15, 0.2) is 5.82 Å². The number of aromatic nitrogens is 2. The average molecular weight is 289 g/mol. The van der Waals surface area contributed by atoms with Gasteiger partial charge in [-0.05, 0) is 42.9 Å². The molecule has 4 heteroatoms. The summed E-state index contributed by atoms with van der Waals surface area (Å²) < 4.78 is 1.84. The number of hydrogen-bond acceptors (Lipinski definition) is 3. The molecule has 2 fully saturated rings. The van der Waals surface area contributed by atoms with E-state index in [9.17, 15) is 4.79 Å². The van der Waals surface area contributed by atoms with Crippen molar-refractivity contribution in [2.75, 3.05) is 5.32 Å². The van der Waals surface area contributed by atoms with Crippen LogP contribution in [-0.4, -0.2) is 15.6 Å². The van der Waals surface area contributed by atoms with Crippen LogP contribution in [0.4, 0.5) is 5.82 Å². The highest BCUT2D eigenvalue weighted by Crippen LogP contribution is 2.46. The third kappa shape index (κ3) is 3.30. The van der Waals surface area contributed by atoms with E-state index in [-0.39, 0.29) is 5.56 Å². The molecule has 0 aliphatic heterocycles. The van der Waals surface area contributed by atoms with Gasteiger partial charge in [-0.1, -0.05) is 27.7 Å². The van der Waals surface area contributed by atoms with E-state index in [1.807, 2.05) is 10.8 Å². The van der Waals surface area contributed by atoms with Crippen molar-refractivity contribution in [3.63, 3.8) is 0 Å². The molecule has 116 valence electrons. The van der Waals surface area contributed by atoms with Crippen LogP contribution in [0.3, 0.4) is 0 Å². The molecule has 3 rings (SSSR count). The summed E-state index contributed by atoms with van der Waals surface area (Å²) in [6, 6.07) is 0.735. The maximum absolute atomic E-state index is 12.5. The molecule has 21 heavy (non-hydrogen) atoms. The normalized spacial score (nSPS) is 24.8. The minimum absolute atomic E-state index is 0.0428. The average Bonchev–Trinajstić information content (AvgIpc) is 3.11. The van der Waals surface area contributed by atoms with E-state index in [0.29, 0.717) is 28.7 Å². The van der Waals surface area contributed by atoms with Crippen molar-refractivity contribution in [1.29, 1.82) is 0 Å². The monoisotopic (exact) mass is 289 g/mol. The number of nitrogens with zero attached hydrogens (tertiary/aromatic N) is 2. The number of rotatable bonds is 3. The largest absolute Gasteiger partial charge is 0.363 e. The van der Waals surface area contributed by atoms with E-state index in [0.717, 1.165) is 25.7 Å². The van der Waals surface area contributed by atoms with Gasteiger partial charge in [-0.2, -0.15) is 0 Å². The maximum atomic E-state index is 12.5. The zero-order valence-electron chi connectivity index (χ0n) is 13.6. The fourth-order valence-electron chi connectivity index (χ4n) is 4.31. The van der Waals surface area contributed by atoms with Crippen molar-refractivity contribution < 1.29 is 0 Å². The molecule has 0 spiro atoms. The highest BCUT2D eigenvalue weighted by atomic mass is 16.1. The summed E-state index contributed by atoms with van der Waals surface area (Å²) in [5.74, 6) is 0.530. The molecule has 1 N–H and O–H groups in total. The van der Waals surface area contributed by atoms with Gasteiger partial charge in [0.2, 0.25) is 0 Å². The maximum Gasteiger partial charge on any atom is 0.293 e. The van der Waals surface area contributed by atoms with Crippen LogP contribution in [0, 0.1) is 10.8 Å². The highest BCUT2D eigenvalue weighted by molar-refractivity contribution is 5.33. The fourth-order valence-corrected chi connectivity index (χ4v) is 4.31. The zero-order valence-corrected chi connectivity index (χ0v) is 13.6. The first-order valence-electron chi connectivity index (χ1n) is 8.10. The molecular formula is C17H27N3O. The Morgan fingerprint density at radius 1 is 1.19 bits per heavy atom. The molecule has 4 nitrogen and oxygen atoms in total. The Morgan fingerprint density at radius 3 is 2.38 bits per heavy atom. The van der Waals surface area contributed by atoms with Gasteiger partial charge in [0.1, 0.15) is 0 Å². The Balaban J connectivity index is 1.80. The Kier molecular flexibility index (Phi) is 3.38. The molecule has 0 radical (unpaired) electrons. The van der Waals surface area contributed by atoms with Gasteiger partial charge in [0.05, 0.1) is 0 Å². The summed E-state index contributed by atoms with van der Waals surface area (Å²) >= 11 is 0. The van der Waals surface area contributed by atoms with Crippen molar-refractivity contribution in [1.82, 2.24) is 9.55 Å². The van der Waals surface area contributed by atoms with Gasteiger partial charge >= 0.3 is 0 Å². The van der Waals surface area contributed by atoms with Crippen molar-refractivity contribution in [3.8, 4) is 0 Å². The summed E-state index contributed by atoms with van der Waals surface area (Å²) in [5.41, 5.74) is 0.661. The topological polar surface area (TPSA) is 46.9 Å². The third-order valence-corrected chi connectivity index (χ3v) is 4.70. The molecule has 0 atom stereocenters. The van der Waals surface area contributed by atoms with E-state index in [2.05, 4.69) is 38.0 Å². The van der Waals surface area contributed by atoms with Gasteiger partial charge in [-0.15, -0.1) is 0 Å². The molecule has 0 bridgehead atoms. The Morgan fingerprint density at radius 2 is 1.81 bits per heavy atom. The second kappa shape index (κ2) is 4.85. The summed E-state index contributed by atoms with van der Waals surface area (Å²) in [6.07, 6.45) is 9.22. The second-order valence-corrected chi connectivity index (χ2v) is 8.47. The molecule has 2 saturated carbocycles. The summed E-state index contributed by atoms with van der Waals surface area (Å²) in [6.45, 7) is 9.29. The van der Waals surface area contributed by atoms with E-state index in [1.165, 1.54) is 6.42 Å². The lowest BCUT2D eigenvalue weighted by Crippen LogP contribution is -2.41. The summed E-state index contributed by atoms with van der Waals surface area (Å²) in [4.78, 5) is 16.8. The van der Waals surface area contributed by atoms with Crippen LogP contribution < -0.4 is 10.9 Å². The quantitative estimate of drug-likeness (QED) is 0.925. The van der Waals surface area contributed by atoms with Crippen molar-refractivity contribution in [2.45, 2.75) is 71.9 Å². The summed E-state index contributed by atoms with van der Waals surface area (Å²) in [5, 5.41) is 3.44. The molecule has 0 aromatic carbocycles. The number of hydrogen-bond donors (Lipinski definition) is 1. The van der Waals surface area contributed by atoms with Gasteiger partial charge in [-0.25, -0.2) is 4.98 Å². The summed E-state index contributed by atoms with van der Waals surface area (Å²) in [7, 11) is 0. The van der Waals surface area contributed by atoms with E-state index >= 15 is 0 Å². The van der Waals surface area contributed by atoms with Crippen LogP contribution >= 0.6 is 0 Å². The molecule has 0 amide bonds. The number of nitrogens with one attached hydrogen (secondary N) is 1. The van der Waals surface area contributed by atoms with Crippen molar-refractivity contribution in [2.24, 2.45) is 10.8 Å². The predicted molar refractivity (Wildman–Crippen MR) is 85.6 cm³/mol. The molecular weight excluding hydrogens is 262 g/mol. The van der Waals surface area contributed by atoms with Gasteiger partial charge in [0, 0.05) is 24.5 Å².